The summed E-state index contributed by atoms with van der Waals surface area (Å²) in [5.74, 6) is 0.623. The minimum atomic E-state index is -0.140. The number of nitrogens with zero attached hydrogens (tertiary/aromatic N) is 2. The van der Waals surface area contributed by atoms with Crippen molar-refractivity contribution < 1.29 is 9.53 Å². The first-order valence-corrected chi connectivity index (χ1v) is 6.10. The largest absolute Gasteiger partial charge is 0.496 e. The van der Waals surface area contributed by atoms with Gasteiger partial charge in [0.25, 0.3) is 5.91 Å². The van der Waals surface area contributed by atoms with Crippen molar-refractivity contribution in [2.45, 2.75) is 6.92 Å². The molecule has 2 rings (SSSR count). The molecule has 0 unspecified atom stereocenters. The number of methoxy groups -OCH3 is 1. The second-order valence-electron chi connectivity index (χ2n) is 3.56. The normalized spacial score (nSPS) is 10.3. The molecule has 0 fully saturated rings. The van der Waals surface area contributed by atoms with Crippen LogP contribution in [-0.2, 0) is 0 Å². The fourth-order valence-corrected chi connectivity index (χ4v) is 2.20. The van der Waals surface area contributed by atoms with Gasteiger partial charge in [-0.1, -0.05) is 0 Å². The maximum atomic E-state index is 12.1. The smallest absolute Gasteiger partial charge is 0.278 e. The summed E-state index contributed by atoms with van der Waals surface area (Å²) >= 11 is 2.14. The highest BCUT2D eigenvalue weighted by atomic mass is 127. The highest BCUT2D eigenvalue weighted by Gasteiger charge is 2.11. The summed E-state index contributed by atoms with van der Waals surface area (Å²) in [6.07, 6.45) is 1.66. The lowest BCUT2D eigenvalue weighted by Crippen LogP contribution is -2.13. The lowest BCUT2D eigenvalue weighted by molar-refractivity contribution is 0.0944. The van der Waals surface area contributed by atoms with E-state index in [1.54, 1.807) is 37.6 Å². The number of halogens is 1. The van der Waals surface area contributed by atoms with Crippen molar-refractivity contribution in [3.8, 4) is 5.75 Å². The number of benzene rings is 1. The van der Waals surface area contributed by atoms with E-state index in [2.05, 4.69) is 27.7 Å². The van der Waals surface area contributed by atoms with Crippen LogP contribution in [0.4, 0.5) is 0 Å². The molecule has 88 valence electrons. The molecule has 0 aliphatic carbocycles. The summed E-state index contributed by atoms with van der Waals surface area (Å²) in [7, 11) is 1.61. The van der Waals surface area contributed by atoms with E-state index in [0.29, 0.717) is 5.56 Å². The molecule has 1 heterocycles. The summed E-state index contributed by atoms with van der Waals surface area (Å²) < 4.78 is 7.39. The zero-order valence-electron chi connectivity index (χ0n) is 9.48. The molecule has 0 amide bonds. The molecule has 1 aromatic carbocycles. The van der Waals surface area contributed by atoms with Gasteiger partial charge in [0.15, 0.2) is 0 Å². The van der Waals surface area contributed by atoms with Gasteiger partial charge in [-0.3, -0.25) is 4.79 Å². The van der Waals surface area contributed by atoms with Gasteiger partial charge in [-0.25, -0.2) is 4.68 Å². The molecule has 2 aromatic rings. The van der Waals surface area contributed by atoms with E-state index in [1.165, 1.54) is 4.68 Å². The molecule has 1 aromatic heterocycles. The zero-order valence-corrected chi connectivity index (χ0v) is 11.6. The maximum Gasteiger partial charge on any atom is 0.278 e. The topological polar surface area (TPSA) is 44.1 Å². The van der Waals surface area contributed by atoms with Crippen LogP contribution in [0, 0.1) is 10.5 Å². The minimum absolute atomic E-state index is 0.140. The third-order valence-corrected chi connectivity index (χ3v) is 3.17. The van der Waals surface area contributed by atoms with Crippen molar-refractivity contribution in [3.63, 3.8) is 0 Å². The number of aryl methyl sites for hydroxylation is 1. The molecule has 0 spiro atoms. The highest BCUT2D eigenvalue weighted by molar-refractivity contribution is 14.1. The van der Waals surface area contributed by atoms with Gasteiger partial charge in [-0.05, 0) is 53.8 Å². The number of carbonyl (C=O) groups excluding carboxylic acids is 1. The van der Waals surface area contributed by atoms with Crippen LogP contribution < -0.4 is 4.74 Å². The van der Waals surface area contributed by atoms with Crippen molar-refractivity contribution in [1.82, 2.24) is 9.78 Å². The van der Waals surface area contributed by atoms with Gasteiger partial charge in [0, 0.05) is 11.8 Å². The number of aromatic nitrogens is 2. The molecule has 0 aliphatic heterocycles. The monoisotopic (exact) mass is 342 g/mol. The van der Waals surface area contributed by atoms with Gasteiger partial charge in [0.1, 0.15) is 5.75 Å². The molecule has 5 heteroatoms. The standard InChI is InChI=1S/C12H11IN2O2/c1-8-5-6-15(14-8)12(16)9-3-4-11(17-2)10(13)7-9/h3-7H,1-2H3. The van der Waals surface area contributed by atoms with Gasteiger partial charge in [0.2, 0.25) is 0 Å². The van der Waals surface area contributed by atoms with Crippen LogP contribution >= 0.6 is 22.6 Å². The van der Waals surface area contributed by atoms with Crippen LogP contribution in [-0.4, -0.2) is 22.8 Å². The predicted molar refractivity (Wildman–Crippen MR) is 72.4 cm³/mol. The average Bonchev–Trinajstić information content (AvgIpc) is 2.75. The Hall–Kier alpha value is -1.37. The van der Waals surface area contributed by atoms with E-state index in [-0.39, 0.29) is 5.91 Å². The Balaban J connectivity index is 2.35. The van der Waals surface area contributed by atoms with Crippen molar-refractivity contribution in [2.24, 2.45) is 0 Å². The molecular formula is C12H11IN2O2. The second-order valence-corrected chi connectivity index (χ2v) is 4.72. The van der Waals surface area contributed by atoms with Gasteiger partial charge in [0.05, 0.1) is 16.4 Å². The zero-order chi connectivity index (χ0) is 12.4. The molecule has 0 atom stereocenters. The van der Waals surface area contributed by atoms with Gasteiger partial charge >= 0.3 is 0 Å². The summed E-state index contributed by atoms with van der Waals surface area (Å²) in [5, 5.41) is 4.09. The van der Waals surface area contributed by atoms with Crippen LogP contribution in [0.25, 0.3) is 0 Å². The van der Waals surface area contributed by atoms with Gasteiger partial charge in [-0.2, -0.15) is 5.10 Å². The Morgan fingerprint density at radius 1 is 1.41 bits per heavy atom. The van der Waals surface area contributed by atoms with Crippen molar-refractivity contribution in [1.29, 1.82) is 0 Å². The van der Waals surface area contributed by atoms with Crippen LogP contribution in [0.1, 0.15) is 16.1 Å². The second kappa shape index (κ2) is 4.87. The summed E-state index contributed by atoms with van der Waals surface area (Å²) in [6, 6.07) is 7.11. The number of hydrogen-bond donors (Lipinski definition) is 0. The first kappa shape index (κ1) is 12.1. The molecule has 17 heavy (non-hydrogen) atoms. The molecule has 0 radical (unpaired) electrons. The summed E-state index contributed by atoms with van der Waals surface area (Å²) in [6.45, 7) is 1.85. The Bertz CT molecular complexity index is 563. The molecule has 4 nitrogen and oxygen atoms in total. The van der Waals surface area contributed by atoms with E-state index in [4.69, 9.17) is 4.74 Å². The van der Waals surface area contributed by atoms with Crippen LogP contribution in [0.3, 0.4) is 0 Å². The first-order valence-electron chi connectivity index (χ1n) is 5.02. The van der Waals surface area contributed by atoms with Crippen molar-refractivity contribution >= 4 is 28.5 Å². The Kier molecular flexibility index (Phi) is 3.46. The van der Waals surface area contributed by atoms with E-state index in [1.807, 2.05) is 6.92 Å². The highest BCUT2D eigenvalue weighted by Crippen LogP contribution is 2.21. The van der Waals surface area contributed by atoms with Gasteiger partial charge < -0.3 is 4.74 Å². The van der Waals surface area contributed by atoms with Crippen molar-refractivity contribution in [2.75, 3.05) is 7.11 Å². The number of rotatable bonds is 2. The Labute approximate surface area is 113 Å². The molecular weight excluding hydrogens is 331 g/mol. The quantitative estimate of drug-likeness (QED) is 0.788. The van der Waals surface area contributed by atoms with E-state index < -0.39 is 0 Å². The summed E-state index contributed by atoms with van der Waals surface area (Å²) in [5.41, 5.74) is 1.42. The average molecular weight is 342 g/mol. The summed E-state index contributed by atoms with van der Waals surface area (Å²) in [4.78, 5) is 12.1. The third-order valence-electron chi connectivity index (χ3n) is 2.33. The van der Waals surface area contributed by atoms with Crippen LogP contribution in [0.15, 0.2) is 30.5 Å². The third kappa shape index (κ3) is 2.49. The number of hydrogen-bond acceptors (Lipinski definition) is 3. The molecule has 0 bridgehead atoms. The lowest BCUT2D eigenvalue weighted by Gasteiger charge is -2.05. The van der Waals surface area contributed by atoms with E-state index >= 15 is 0 Å². The van der Waals surface area contributed by atoms with Gasteiger partial charge in [-0.15, -0.1) is 0 Å². The fraction of sp³-hybridized carbons (Fsp3) is 0.167. The predicted octanol–water partition coefficient (Wildman–Crippen LogP) is 2.49. The Morgan fingerprint density at radius 3 is 2.71 bits per heavy atom. The minimum Gasteiger partial charge on any atom is -0.496 e. The fourth-order valence-electron chi connectivity index (χ4n) is 1.46. The number of ether oxygens (including phenoxy) is 1. The van der Waals surface area contributed by atoms with E-state index in [0.717, 1.165) is 15.0 Å². The van der Waals surface area contributed by atoms with Crippen LogP contribution in [0.2, 0.25) is 0 Å². The molecule has 0 saturated heterocycles. The maximum absolute atomic E-state index is 12.1. The molecule has 0 aliphatic rings. The first-order chi connectivity index (χ1) is 8.11. The molecule has 0 saturated carbocycles. The van der Waals surface area contributed by atoms with Crippen molar-refractivity contribution in [3.05, 3.63) is 45.3 Å². The van der Waals surface area contributed by atoms with E-state index in [9.17, 15) is 4.79 Å². The number of carbonyl (C=O) groups is 1. The SMILES string of the molecule is COc1ccc(C(=O)n2ccc(C)n2)cc1I. The lowest BCUT2D eigenvalue weighted by atomic mass is 10.2. The Morgan fingerprint density at radius 2 is 2.18 bits per heavy atom. The molecule has 0 N–H and O–H groups in total. The van der Waals surface area contributed by atoms with Crippen LogP contribution in [0.5, 0.6) is 5.75 Å².